The van der Waals surface area contributed by atoms with E-state index in [4.69, 9.17) is 0 Å². The number of carbonyl (C=O) groups excluding carboxylic acids is 3. The molecule has 0 heterocycles. The molecule has 0 radical (unpaired) electrons. The van der Waals surface area contributed by atoms with Crippen molar-refractivity contribution < 1.29 is 14.4 Å². The summed E-state index contributed by atoms with van der Waals surface area (Å²) in [7, 11) is 3.80. The van der Waals surface area contributed by atoms with Crippen LogP contribution in [0.2, 0.25) is 0 Å². The van der Waals surface area contributed by atoms with E-state index in [1.54, 1.807) is 24.3 Å². The predicted molar refractivity (Wildman–Crippen MR) is 191 cm³/mol. The molecule has 3 N–H and O–H groups in total. The van der Waals surface area contributed by atoms with Crippen LogP contribution in [0.25, 0.3) is 0 Å². The van der Waals surface area contributed by atoms with Crippen LogP contribution >= 0.6 is 0 Å². The van der Waals surface area contributed by atoms with Gasteiger partial charge >= 0.3 is 0 Å². The molecule has 240 valence electrons. The third kappa shape index (κ3) is 8.44. The summed E-state index contributed by atoms with van der Waals surface area (Å²) in [5.74, 6) is -1.16. The highest BCUT2D eigenvalue weighted by Gasteiger charge is 2.17. The molecule has 0 bridgehead atoms. The molecule has 0 saturated carbocycles. The van der Waals surface area contributed by atoms with E-state index in [1.165, 1.54) is 6.07 Å². The van der Waals surface area contributed by atoms with Crippen LogP contribution in [0.1, 0.15) is 58.8 Å². The highest BCUT2D eigenvalue weighted by molar-refractivity contribution is 6.11. The molecule has 3 amide bonds. The number of nitrogens with zero attached hydrogens (tertiary/aromatic N) is 3. The lowest BCUT2D eigenvalue weighted by molar-refractivity contribution is 0.101. The number of nitrogens with one attached hydrogen (secondary N) is 3. The van der Waals surface area contributed by atoms with Crippen LogP contribution in [-0.4, -0.2) is 58.0 Å². The Bertz CT molecular complexity index is 1590. The van der Waals surface area contributed by atoms with Crippen LogP contribution < -0.4 is 30.7 Å². The van der Waals surface area contributed by atoms with Gasteiger partial charge in [0.2, 0.25) is 0 Å². The normalized spacial score (nSPS) is 10.6. The van der Waals surface area contributed by atoms with E-state index in [9.17, 15) is 14.4 Å². The summed E-state index contributed by atoms with van der Waals surface area (Å²) in [5.41, 5.74) is 5.36. The molecule has 9 heteroatoms. The van der Waals surface area contributed by atoms with Crippen molar-refractivity contribution in [3.05, 3.63) is 108 Å². The van der Waals surface area contributed by atoms with Gasteiger partial charge in [-0.3, -0.25) is 14.4 Å². The van der Waals surface area contributed by atoms with E-state index >= 15 is 0 Å². The van der Waals surface area contributed by atoms with Gasteiger partial charge in [0.1, 0.15) is 0 Å². The highest BCUT2D eigenvalue weighted by atomic mass is 16.2. The molecule has 0 fully saturated rings. The lowest BCUT2D eigenvalue weighted by atomic mass is 10.1. The molecule has 4 aromatic carbocycles. The third-order valence-electron chi connectivity index (χ3n) is 7.81. The first-order valence-electron chi connectivity index (χ1n) is 15.7. The van der Waals surface area contributed by atoms with Gasteiger partial charge in [-0.05, 0) is 100 Å². The minimum absolute atomic E-state index is 0.232. The molecular formula is C37H44N6O3. The Morgan fingerprint density at radius 3 is 1.35 bits per heavy atom. The first kappa shape index (κ1) is 33.6. The topological polar surface area (TPSA) is 97.0 Å². The first-order valence-corrected chi connectivity index (χ1v) is 15.7. The fraction of sp³-hybridized carbons (Fsp3) is 0.270. The van der Waals surface area contributed by atoms with Crippen molar-refractivity contribution in [3.8, 4) is 0 Å². The summed E-state index contributed by atoms with van der Waals surface area (Å²) in [6.07, 6.45) is 0. The average Bonchev–Trinajstić information content (AvgIpc) is 3.06. The maximum absolute atomic E-state index is 13.6. The van der Waals surface area contributed by atoms with Crippen molar-refractivity contribution in [3.63, 3.8) is 0 Å². The molecule has 0 aliphatic rings. The smallest absolute Gasteiger partial charge is 0.255 e. The molecule has 4 aromatic rings. The Morgan fingerprint density at radius 1 is 0.478 bits per heavy atom. The van der Waals surface area contributed by atoms with E-state index in [1.807, 2.05) is 79.7 Å². The molecule has 0 unspecified atom stereocenters. The molecule has 0 atom stereocenters. The van der Waals surface area contributed by atoms with Gasteiger partial charge in [-0.15, -0.1) is 0 Å². The monoisotopic (exact) mass is 620 g/mol. The number of carbonyl (C=O) groups is 3. The van der Waals surface area contributed by atoms with E-state index in [0.717, 1.165) is 43.2 Å². The second-order valence-electron chi connectivity index (χ2n) is 11.1. The van der Waals surface area contributed by atoms with Crippen molar-refractivity contribution in [1.29, 1.82) is 0 Å². The zero-order valence-electron chi connectivity index (χ0n) is 27.6. The molecule has 0 aliphatic heterocycles. The fourth-order valence-corrected chi connectivity index (χ4v) is 5.24. The molecule has 0 spiro atoms. The second kappa shape index (κ2) is 15.6. The number of hydrogen-bond acceptors (Lipinski definition) is 6. The van der Waals surface area contributed by atoms with Crippen molar-refractivity contribution >= 4 is 51.8 Å². The minimum atomic E-state index is -0.403. The van der Waals surface area contributed by atoms with Gasteiger partial charge in [-0.25, -0.2) is 0 Å². The quantitative estimate of drug-likeness (QED) is 0.146. The third-order valence-corrected chi connectivity index (χ3v) is 7.81. The van der Waals surface area contributed by atoms with Crippen LogP contribution in [0.15, 0.2) is 91.0 Å². The van der Waals surface area contributed by atoms with Crippen LogP contribution in [0.3, 0.4) is 0 Å². The predicted octanol–water partition coefficient (Wildman–Crippen LogP) is 7.20. The SMILES string of the molecule is CCN(CC)c1cccc(NC(=O)c2cc(NC(=O)c3cccc(N(C)C)c3)cc(C(=O)Nc3cccc(N(CC)CC)c3)c2)c1. The van der Waals surface area contributed by atoms with Gasteiger partial charge in [0.25, 0.3) is 17.7 Å². The number of hydrogen-bond donors (Lipinski definition) is 3. The Kier molecular flexibility index (Phi) is 11.4. The van der Waals surface area contributed by atoms with E-state index in [-0.39, 0.29) is 17.0 Å². The summed E-state index contributed by atoms with van der Waals surface area (Å²) >= 11 is 0. The molecule has 46 heavy (non-hydrogen) atoms. The Morgan fingerprint density at radius 2 is 0.891 bits per heavy atom. The highest BCUT2D eigenvalue weighted by Crippen LogP contribution is 2.24. The van der Waals surface area contributed by atoms with Gasteiger partial charge in [-0.1, -0.05) is 18.2 Å². The fourth-order valence-electron chi connectivity index (χ4n) is 5.24. The summed E-state index contributed by atoms with van der Waals surface area (Å²) in [6.45, 7) is 11.7. The van der Waals surface area contributed by atoms with Crippen molar-refractivity contribution in [2.24, 2.45) is 0 Å². The summed E-state index contributed by atoms with van der Waals surface area (Å²) in [6, 6.07) is 27.2. The van der Waals surface area contributed by atoms with Crippen LogP contribution in [0.5, 0.6) is 0 Å². The van der Waals surface area contributed by atoms with Crippen molar-refractivity contribution in [2.45, 2.75) is 27.7 Å². The molecular weight excluding hydrogens is 576 g/mol. The molecule has 4 rings (SSSR count). The van der Waals surface area contributed by atoms with Gasteiger partial charge in [0.15, 0.2) is 0 Å². The summed E-state index contributed by atoms with van der Waals surface area (Å²) in [5, 5.41) is 8.81. The van der Waals surface area contributed by atoms with E-state index in [0.29, 0.717) is 22.6 Å². The van der Waals surface area contributed by atoms with Crippen LogP contribution in [-0.2, 0) is 0 Å². The summed E-state index contributed by atoms with van der Waals surface area (Å²) in [4.78, 5) is 46.8. The second-order valence-corrected chi connectivity index (χ2v) is 11.1. The molecule has 0 saturated heterocycles. The minimum Gasteiger partial charge on any atom is -0.378 e. The van der Waals surface area contributed by atoms with Crippen LogP contribution in [0.4, 0.5) is 34.1 Å². The Balaban J connectivity index is 1.66. The van der Waals surface area contributed by atoms with Crippen molar-refractivity contribution in [2.75, 3.05) is 70.9 Å². The average molecular weight is 621 g/mol. The van der Waals surface area contributed by atoms with Crippen molar-refractivity contribution in [1.82, 2.24) is 0 Å². The zero-order chi connectivity index (χ0) is 33.2. The largest absolute Gasteiger partial charge is 0.378 e. The maximum atomic E-state index is 13.6. The standard InChI is InChI=1S/C37H44N6O3/c1-7-42(8-2)33-18-12-15-29(24-33)38-36(45)27-20-28(37(46)39-30-16-13-19-34(25-30)43(9-3)10-4)22-31(21-27)40-35(44)26-14-11-17-32(23-26)41(5)6/h11-25H,7-10H2,1-6H3,(H,38,45)(H,39,46)(H,40,44). The van der Waals surface area contributed by atoms with Gasteiger partial charge in [0, 0.05) is 91.1 Å². The lowest BCUT2D eigenvalue weighted by Crippen LogP contribution is -2.22. The van der Waals surface area contributed by atoms with E-state index < -0.39 is 11.8 Å². The Labute approximate surface area is 272 Å². The molecule has 0 aliphatic carbocycles. The Hall–Kier alpha value is -5.31. The molecule has 9 nitrogen and oxygen atoms in total. The molecule has 0 aromatic heterocycles. The first-order chi connectivity index (χ1) is 22.1. The van der Waals surface area contributed by atoms with E-state index in [2.05, 4.69) is 53.4 Å². The summed E-state index contributed by atoms with van der Waals surface area (Å²) < 4.78 is 0. The van der Waals surface area contributed by atoms with Gasteiger partial charge in [0.05, 0.1) is 0 Å². The number of amides is 3. The van der Waals surface area contributed by atoms with Gasteiger partial charge < -0.3 is 30.7 Å². The number of benzene rings is 4. The van der Waals surface area contributed by atoms with Gasteiger partial charge in [-0.2, -0.15) is 0 Å². The van der Waals surface area contributed by atoms with Crippen LogP contribution in [0, 0.1) is 0 Å². The lowest BCUT2D eigenvalue weighted by Gasteiger charge is -2.22. The zero-order valence-corrected chi connectivity index (χ0v) is 27.6. The maximum Gasteiger partial charge on any atom is 0.255 e. The number of rotatable bonds is 13. The number of anilines is 6.